The zero-order valence-corrected chi connectivity index (χ0v) is 56.8. The van der Waals surface area contributed by atoms with Gasteiger partial charge in [0.2, 0.25) is 17.7 Å². The van der Waals surface area contributed by atoms with Gasteiger partial charge in [0.1, 0.15) is 34.5 Å². The van der Waals surface area contributed by atoms with E-state index in [1.165, 1.54) is 18.2 Å². The number of nitrogens with zero attached hydrogens (tertiary/aromatic N) is 11. The molecule has 15 rings (SSSR count). The lowest BCUT2D eigenvalue weighted by Gasteiger charge is -2.15. The van der Waals surface area contributed by atoms with Gasteiger partial charge < -0.3 is 29.3 Å². The fourth-order valence-electron chi connectivity index (χ4n) is 12.8. The molecule has 2 saturated heterocycles. The van der Waals surface area contributed by atoms with E-state index >= 15 is 0 Å². The van der Waals surface area contributed by atoms with Crippen LogP contribution in [-0.4, -0.2) is 96.1 Å². The smallest absolute Gasteiger partial charge is 0.338 e. The number of imidazole rings is 3. The van der Waals surface area contributed by atoms with E-state index in [4.69, 9.17) is 25.8 Å². The fraction of sp³-hybridized carbons (Fsp3) is 0.138. The van der Waals surface area contributed by atoms with Gasteiger partial charge in [-0.25, -0.2) is 14.4 Å². The van der Waals surface area contributed by atoms with Crippen molar-refractivity contribution in [1.82, 2.24) is 52.2 Å². The van der Waals surface area contributed by atoms with Crippen LogP contribution in [0.1, 0.15) is 41.6 Å². The van der Waals surface area contributed by atoms with E-state index in [1.807, 2.05) is 154 Å². The van der Waals surface area contributed by atoms with Gasteiger partial charge in [-0.15, -0.1) is 0 Å². The predicted octanol–water partition coefficient (Wildman–Crippen LogP) is 14.5. The SMILES string of the molecule is C=CC(=O)N1CCC(n2c(=O)n(-c3ccc(Oc4cccc(C)c4)cc3)c3cnccc32)C1.C=CC(=O)N1CCC(n2c(=O)n(-c3ccc(Oc4cccc(C)c4)cc3)c3cnccc32)C1.C=CC(=O)Nc1cccc(-n2c(=O)n(-c3ccc(Oc4ccc(C)cc4)c(Cl)c3)c3cnccc32)c1. The highest BCUT2D eigenvalue weighted by atomic mass is 35.5. The Balaban J connectivity index is 0.000000137. The molecule has 2 aliphatic heterocycles. The summed E-state index contributed by atoms with van der Waals surface area (Å²) >= 11 is 6.56. The van der Waals surface area contributed by atoms with Gasteiger partial charge in [0.05, 0.1) is 91.5 Å². The van der Waals surface area contributed by atoms with Crippen molar-refractivity contribution in [2.24, 2.45) is 0 Å². The van der Waals surface area contributed by atoms with Crippen molar-refractivity contribution in [3.05, 3.63) is 310 Å². The second kappa shape index (κ2) is 29.7. The summed E-state index contributed by atoms with van der Waals surface area (Å²) in [7, 11) is 0. The second-order valence-electron chi connectivity index (χ2n) is 24.5. The Morgan fingerprint density at radius 3 is 1.35 bits per heavy atom. The minimum Gasteiger partial charge on any atom is -0.457 e. The number of benzene rings is 7. The first-order valence-corrected chi connectivity index (χ1v) is 33.2. The number of halogens is 1. The van der Waals surface area contributed by atoms with E-state index in [9.17, 15) is 28.8 Å². The number of likely N-dealkylation sites (tertiary alicyclic amines) is 2. The number of carbonyl (C=O) groups excluding carboxylic acids is 3. The van der Waals surface area contributed by atoms with Gasteiger partial charge in [-0.3, -0.25) is 56.7 Å². The molecule has 0 spiro atoms. The van der Waals surface area contributed by atoms with Crippen LogP contribution in [0.25, 0.3) is 55.8 Å². The third-order valence-corrected chi connectivity index (χ3v) is 17.9. The monoisotopic (exact) mass is 1380 g/mol. The van der Waals surface area contributed by atoms with E-state index in [2.05, 4.69) is 40.0 Å². The molecule has 22 heteroatoms. The Hall–Kier alpha value is -12.9. The van der Waals surface area contributed by atoms with Crippen LogP contribution in [0.2, 0.25) is 5.02 Å². The number of nitrogens with one attached hydrogen (secondary N) is 1. The molecule has 510 valence electrons. The van der Waals surface area contributed by atoms with Crippen LogP contribution >= 0.6 is 11.6 Å². The molecule has 0 radical (unpaired) electrons. The maximum Gasteiger partial charge on any atom is 0.338 e. The number of amides is 3. The molecule has 102 heavy (non-hydrogen) atoms. The fourth-order valence-corrected chi connectivity index (χ4v) is 13.0. The van der Waals surface area contributed by atoms with Crippen LogP contribution in [-0.2, 0) is 14.4 Å². The molecular formula is C80H69ClN12O9. The van der Waals surface area contributed by atoms with Crippen LogP contribution in [0.3, 0.4) is 0 Å². The number of aryl methyl sites for hydroxylation is 3. The molecule has 8 heterocycles. The largest absolute Gasteiger partial charge is 0.457 e. The molecule has 0 bridgehead atoms. The second-order valence-corrected chi connectivity index (χ2v) is 24.9. The van der Waals surface area contributed by atoms with Crippen LogP contribution < -0.4 is 36.6 Å². The molecule has 0 saturated carbocycles. The summed E-state index contributed by atoms with van der Waals surface area (Å²) in [4.78, 5) is 92.9. The van der Waals surface area contributed by atoms with E-state index in [1.54, 1.807) is 123 Å². The third kappa shape index (κ3) is 14.2. The average Bonchev–Trinajstić information content (AvgIpc) is 1.61. The molecule has 2 unspecified atom stereocenters. The van der Waals surface area contributed by atoms with Gasteiger partial charge >= 0.3 is 17.1 Å². The molecule has 2 atom stereocenters. The Morgan fingerprint density at radius 1 is 0.441 bits per heavy atom. The van der Waals surface area contributed by atoms with Crippen molar-refractivity contribution >= 4 is 68.1 Å². The summed E-state index contributed by atoms with van der Waals surface area (Å²) in [6.45, 7) is 18.8. The Morgan fingerprint density at radius 2 is 0.873 bits per heavy atom. The van der Waals surface area contributed by atoms with Crippen molar-refractivity contribution in [3.63, 3.8) is 0 Å². The summed E-state index contributed by atoms with van der Waals surface area (Å²) in [5.41, 5.74) is 10.2. The topological polar surface area (TPSA) is 217 Å². The highest BCUT2D eigenvalue weighted by Gasteiger charge is 2.32. The van der Waals surface area contributed by atoms with Gasteiger partial charge in [-0.1, -0.05) is 79.4 Å². The van der Waals surface area contributed by atoms with Gasteiger partial charge in [0, 0.05) is 50.5 Å². The van der Waals surface area contributed by atoms with Crippen LogP contribution in [0.4, 0.5) is 5.69 Å². The zero-order valence-electron chi connectivity index (χ0n) is 56.0. The molecule has 2 fully saturated rings. The average molecular weight is 1380 g/mol. The summed E-state index contributed by atoms with van der Waals surface area (Å²) in [5.74, 6) is 3.49. The maximum absolute atomic E-state index is 13.7. The Labute approximate surface area is 590 Å². The minimum atomic E-state index is -0.339. The standard InChI is InChI=1S/C28H21ClN4O3.2C26H24N4O3/c1-3-27(34)31-19-5-4-6-20(15-19)32-24-13-14-30-17-25(24)33(28(32)35)21-9-12-26(23(29)16-21)36-22-10-7-18(2)8-11-22;2*1-3-25(31)28-14-12-20(17-28)30-23-11-13-27-16-24(23)29(26(30)32)19-7-9-21(10-8-19)33-22-6-4-5-18(2)15-22/h3-17H,1H2,2H3,(H,31,34);2*3-11,13,15-16,20H,1,12,14,17H2,2H3. The van der Waals surface area contributed by atoms with Crippen molar-refractivity contribution in [1.29, 1.82) is 0 Å². The predicted molar refractivity (Wildman–Crippen MR) is 396 cm³/mol. The number of ether oxygens (including phenoxy) is 3. The first-order chi connectivity index (χ1) is 49.5. The van der Waals surface area contributed by atoms with Crippen molar-refractivity contribution in [3.8, 4) is 57.2 Å². The molecule has 2 aliphatic rings. The molecule has 7 aromatic carbocycles. The zero-order chi connectivity index (χ0) is 71.1. The maximum atomic E-state index is 13.7. The van der Waals surface area contributed by atoms with Crippen molar-refractivity contribution in [2.75, 3.05) is 31.5 Å². The lowest BCUT2D eigenvalue weighted by Crippen LogP contribution is -2.31. The van der Waals surface area contributed by atoms with Crippen LogP contribution in [0.15, 0.2) is 272 Å². The first-order valence-electron chi connectivity index (χ1n) is 32.9. The number of carbonyl (C=O) groups is 3. The summed E-state index contributed by atoms with van der Waals surface area (Å²) in [6.07, 6.45) is 15.3. The lowest BCUT2D eigenvalue weighted by atomic mass is 10.2. The lowest BCUT2D eigenvalue weighted by molar-refractivity contribution is -0.125. The summed E-state index contributed by atoms with van der Waals surface area (Å²) < 4.78 is 27.8. The minimum absolute atomic E-state index is 0.100. The normalized spacial score (nSPS) is 14.0. The van der Waals surface area contributed by atoms with Crippen molar-refractivity contribution in [2.45, 2.75) is 45.7 Å². The van der Waals surface area contributed by atoms with Crippen LogP contribution in [0, 0.1) is 20.8 Å². The van der Waals surface area contributed by atoms with Gasteiger partial charge in [-0.05, 0) is 202 Å². The summed E-state index contributed by atoms with van der Waals surface area (Å²) in [5, 5.41) is 3.08. The number of hydrogen-bond donors (Lipinski definition) is 1. The molecule has 1 N–H and O–H groups in total. The Kier molecular flexibility index (Phi) is 19.7. The first kappa shape index (κ1) is 67.7. The van der Waals surface area contributed by atoms with Gasteiger partial charge in [0.15, 0.2) is 0 Å². The quantitative estimate of drug-likeness (QED) is 0.0894. The van der Waals surface area contributed by atoms with E-state index < -0.39 is 0 Å². The highest BCUT2D eigenvalue weighted by Crippen LogP contribution is 2.35. The van der Waals surface area contributed by atoms with E-state index in [0.29, 0.717) is 95.1 Å². The number of rotatable bonds is 16. The molecule has 0 aliphatic carbocycles. The third-order valence-electron chi connectivity index (χ3n) is 17.6. The van der Waals surface area contributed by atoms with Crippen molar-refractivity contribution < 1.29 is 28.6 Å². The number of pyridine rings is 3. The molecule has 6 aromatic heterocycles. The molecular weight excluding hydrogens is 1310 g/mol. The molecule has 3 amide bonds. The summed E-state index contributed by atoms with van der Waals surface area (Å²) in [6, 6.07) is 55.7. The number of hydrogen-bond acceptors (Lipinski definition) is 12. The van der Waals surface area contributed by atoms with E-state index in [-0.39, 0.29) is 46.9 Å². The Bertz CT molecular complexity index is 5340. The highest BCUT2D eigenvalue weighted by molar-refractivity contribution is 6.32. The number of anilines is 1. The van der Waals surface area contributed by atoms with Crippen LogP contribution in [0.5, 0.6) is 34.5 Å². The number of fused-ring (bicyclic) bond motifs is 3. The van der Waals surface area contributed by atoms with Gasteiger partial charge in [0.25, 0.3) is 0 Å². The van der Waals surface area contributed by atoms with Gasteiger partial charge in [-0.2, -0.15) is 0 Å². The van der Waals surface area contributed by atoms with E-state index in [0.717, 1.165) is 61.6 Å². The molecule has 21 nitrogen and oxygen atoms in total. The number of aromatic nitrogens is 9. The molecule has 13 aromatic rings.